The zero-order valence-electron chi connectivity index (χ0n) is 12.9. The minimum absolute atomic E-state index is 0.0798. The number of likely N-dealkylation sites (tertiary alicyclic amines) is 1. The van der Waals surface area contributed by atoms with Crippen LogP contribution in [0, 0.1) is 11.7 Å². The van der Waals surface area contributed by atoms with Crippen molar-refractivity contribution in [2.45, 2.75) is 35.3 Å². The number of benzene rings is 1. The van der Waals surface area contributed by atoms with Crippen LogP contribution in [-0.4, -0.2) is 48.1 Å². The Bertz CT molecular complexity index is 775. The number of rotatable bonds is 3. The van der Waals surface area contributed by atoms with E-state index < -0.39 is 26.5 Å². The molecule has 1 aliphatic heterocycles. The molecule has 1 heterocycles. The number of carbonyl (C=O) groups excluding carboxylic acids is 1. The van der Waals surface area contributed by atoms with Gasteiger partial charge in [0.15, 0.2) is 9.84 Å². The normalized spacial score (nSPS) is 21.4. The van der Waals surface area contributed by atoms with E-state index in [2.05, 4.69) is 0 Å². The maximum atomic E-state index is 13.5. The van der Waals surface area contributed by atoms with Crippen molar-refractivity contribution in [2.75, 3.05) is 13.1 Å². The van der Waals surface area contributed by atoms with Gasteiger partial charge in [0.05, 0.1) is 9.64 Å². The number of carbonyl (C=O) groups is 2. The molecule has 130 valence electrons. The number of piperidine rings is 1. The molecule has 0 aromatic heterocycles. The van der Waals surface area contributed by atoms with Crippen molar-refractivity contribution in [3.63, 3.8) is 0 Å². The Balaban J connectivity index is 1.92. The third-order valence-corrected chi connectivity index (χ3v) is 7.71. The number of ketones is 1. The van der Waals surface area contributed by atoms with Crippen molar-refractivity contribution in [3.05, 3.63) is 30.1 Å². The minimum Gasteiger partial charge on any atom is -0.465 e. The largest absolute Gasteiger partial charge is 0.465 e. The van der Waals surface area contributed by atoms with Gasteiger partial charge in [-0.05, 0) is 37.0 Å². The molecule has 1 aromatic rings. The van der Waals surface area contributed by atoms with E-state index in [1.807, 2.05) is 0 Å². The lowest BCUT2D eigenvalue weighted by Crippen LogP contribution is -2.58. The summed E-state index contributed by atoms with van der Waals surface area (Å²) in [5, 5.41) is 9.02. The van der Waals surface area contributed by atoms with Gasteiger partial charge in [-0.2, -0.15) is 0 Å². The van der Waals surface area contributed by atoms with Gasteiger partial charge in [-0.25, -0.2) is 17.6 Å². The van der Waals surface area contributed by atoms with Gasteiger partial charge in [-0.15, -0.1) is 0 Å². The quantitative estimate of drug-likeness (QED) is 0.896. The third kappa shape index (κ3) is 2.58. The summed E-state index contributed by atoms with van der Waals surface area (Å²) in [6.07, 6.45) is -0.421. The number of amides is 1. The first-order valence-electron chi connectivity index (χ1n) is 7.76. The monoisotopic (exact) mass is 355 g/mol. The smallest absolute Gasteiger partial charge is 0.407 e. The number of halogens is 1. The Morgan fingerprint density at radius 3 is 2.38 bits per heavy atom. The van der Waals surface area contributed by atoms with E-state index in [9.17, 15) is 22.4 Å². The van der Waals surface area contributed by atoms with Gasteiger partial charge in [0, 0.05) is 25.9 Å². The van der Waals surface area contributed by atoms with Crippen LogP contribution in [0.5, 0.6) is 0 Å². The lowest BCUT2D eigenvalue weighted by atomic mass is 9.70. The molecule has 1 aromatic carbocycles. The number of nitrogens with zero attached hydrogens (tertiary/aromatic N) is 1. The fourth-order valence-electron chi connectivity index (χ4n) is 3.78. The van der Waals surface area contributed by atoms with Crippen LogP contribution in [-0.2, 0) is 14.6 Å². The Morgan fingerprint density at radius 1 is 1.25 bits per heavy atom. The number of hydrogen-bond acceptors (Lipinski definition) is 4. The van der Waals surface area contributed by atoms with Gasteiger partial charge in [0.2, 0.25) is 0 Å². The molecule has 8 heteroatoms. The minimum atomic E-state index is -3.88. The van der Waals surface area contributed by atoms with Gasteiger partial charge >= 0.3 is 6.09 Å². The van der Waals surface area contributed by atoms with E-state index in [1.165, 1.54) is 23.1 Å². The lowest BCUT2D eigenvalue weighted by Gasteiger charge is -2.48. The zero-order valence-corrected chi connectivity index (χ0v) is 13.8. The first-order chi connectivity index (χ1) is 11.3. The summed E-state index contributed by atoms with van der Waals surface area (Å²) in [4.78, 5) is 23.8. The summed E-state index contributed by atoms with van der Waals surface area (Å²) in [6.45, 7) is 0.489. The van der Waals surface area contributed by atoms with E-state index in [0.29, 0.717) is 12.8 Å². The van der Waals surface area contributed by atoms with E-state index in [-0.39, 0.29) is 42.5 Å². The second-order valence-corrected chi connectivity index (χ2v) is 8.75. The Morgan fingerprint density at radius 2 is 1.88 bits per heavy atom. The molecule has 1 N–H and O–H groups in total. The molecule has 3 rings (SSSR count). The highest BCUT2D eigenvalue weighted by atomic mass is 32.2. The van der Waals surface area contributed by atoms with E-state index in [4.69, 9.17) is 5.11 Å². The lowest BCUT2D eigenvalue weighted by molar-refractivity contribution is -0.127. The van der Waals surface area contributed by atoms with Crippen molar-refractivity contribution in [1.29, 1.82) is 0 Å². The second kappa shape index (κ2) is 5.84. The highest BCUT2D eigenvalue weighted by Crippen LogP contribution is 2.49. The highest BCUT2D eigenvalue weighted by Gasteiger charge is 2.59. The molecule has 0 unspecified atom stereocenters. The molecule has 0 atom stereocenters. The molecule has 1 amide bonds. The van der Waals surface area contributed by atoms with Gasteiger partial charge in [-0.3, -0.25) is 4.79 Å². The van der Waals surface area contributed by atoms with Crippen LogP contribution in [0.4, 0.5) is 9.18 Å². The number of hydrogen-bond donors (Lipinski definition) is 1. The predicted molar refractivity (Wildman–Crippen MR) is 82.9 cm³/mol. The second-order valence-electron chi connectivity index (χ2n) is 6.46. The van der Waals surface area contributed by atoms with E-state index in [0.717, 1.165) is 6.07 Å². The SMILES string of the molecule is O=C1CC(C2CCN(C(=O)O)CC2)(S(=O)(=O)c2cccc(F)c2)C1. The average Bonchev–Trinajstić information content (AvgIpc) is 2.51. The van der Waals surface area contributed by atoms with Gasteiger partial charge in [-0.1, -0.05) is 6.07 Å². The predicted octanol–water partition coefficient (Wildman–Crippen LogP) is 2.09. The third-order valence-electron chi connectivity index (χ3n) is 5.14. The molecule has 24 heavy (non-hydrogen) atoms. The molecular weight excluding hydrogens is 337 g/mol. The molecule has 0 spiro atoms. The number of carboxylic acid groups (broad SMARTS) is 1. The molecule has 1 saturated heterocycles. The summed E-state index contributed by atoms with van der Waals surface area (Å²) in [5.74, 6) is -1.08. The van der Waals surface area contributed by atoms with Crippen LogP contribution in [0.25, 0.3) is 0 Å². The molecule has 1 saturated carbocycles. The molecule has 1 aliphatic carbocycles. The summed E-state index contributed by atoms with van der Waals surface area (Å²) >= 11 is 0. The van der Waals surface area contributed by atoms with Crippen molar-refractivity contribution in [2.24, 2.45) is 5.92 Å². The van der Waals surface area contributed by atoms with Crippen molar-refractivity contribution < 1.29 is 27.5 Å². The average molecular weight is 355 g/mol. The summed E-state index contributed by atoms with van der Waals surface area (Å²) in [7, 11) is -3.88. The Hall–Kier alpha value is -1.96. The Labute approximate surface area is 139 Å². The highest BCUT2D eigenvalue weighted by molar-refractivity contribution is 7.93. The van der Waals surface area contributed by atoms with E-state index >= 15 is 0 Å². The molecule has 2 aliphatic rings. The zero-order chi connectivity index (χ0) is 17.5. The van der Waals surface area contributed by atoms with Crippen molar-refractivity contribution in [3.8, 4) is 0 Å². The summed E-state index contributed by atoms with van der Waals surface area (Å²) in [6, 6.07) is 4.83. The van der Waals surface area contributed by atoms with E-state index in [1.54, 1.807) is 0 Å². The maximum Gasteiger partial charge on any atom is 0.407 e. The van der Waals surface area contributed by atoms with Crippen molar-refractivity contribution >= 4 is 21.7 Å². The fourth-order valence-corrected chi connectivity index (χ4v) is 6.15. The van der Waals surface area contributed by atoms with Crippen LogP contribution in [0.2, 0.25) is 0 Å². The van der Waals surface area contributed by atoms with Crippen LogP contribution >= 0.6 is 0 Å². The summed E-state index contributed by atoms with van der Waals surface area (Å²) in [5.41, 5.74) is 0. The Kier molecular flexibility index (Phi) is 4.11. The maximum absolute atomic E-state index is 13.5. The topological polar surface area (TPSA) is 91.8 Å². The van der Waals surface area contributed by atoms with Crippen LogP contribution in [0.1, 0.15) is 25.7 Å². The standard InChI is InChI=1S/C16H18FNO5S/c17-12-2-1-3-14(8-12)24(22,23)16(9-13(19)10-16)11-4-6-18(7-5-11)15(20)21/h1-3,8,11H,4-7,9-10H2,(H,20,21). The summed E-state index contributed by atoms with van der Waals surface area (Å²) < 4.78 is 38.4. The number of sulfone groups is 1. The number of Topliss-reactive ketones (excluding diaryl/α,β-unsaturated/α-hetero) is 1. The fraction of sp³-hybridized carbons (Fsp3) is 0.500. The first-order valence-corrected chi connectivity index (χ1v) is 9.24. The van der Waals surface area contributed by atoms with Crippen LogP contribution in [0.15, 0.2) is 29.2 Å². The first kappa shape index (κ1) is 16.9. The molecule has 2 fully saturated rings. The van der Waals surface area contributed by atoms with Gasteiger partial charge < -0.3 is 10.0 Å². The molecule has 0 bridgehead atoms. The van der Waals surface area contributed by atoms with Gasteiger partial charge in [0.25, 0.3) is 0 Å². The van der Waals surface area contributed by atoms with Crippen LogP contribution < -0.4 is 0 Å². The molecular formula is C16H18FNO5S. The van der Waals surface area contributed by atoms with Gasteiger partial charge in [0.1, 0.15) is 11.6 Å². The molecule has 6 nitrogen and oxygen atoms in total. The van der Waals surface area contributed by atoms with Crippen LogP contribution in [0.3, 0.4) is 0 Å². The molecule has 0 radical (unpaired) electrons. The van der Waals surface area contributed by atoms with Crippen molar-refractivity contribution in [1.82, 2.24) is 4.90 Å².